The molecule has 0 bridgehead atoms. The second-order valence-corrected chi connectivity index (χ2v) is 4.85. The number of ether oxygens (including phenoxy) is 1. The summed E-state index contributed by atoms with van der Waals surface area (Å²) in [6.07, 6.45) is 2.48. The average Bonchev–Trinajstić information content (AvgIpc) is 2.45. The van der Waals surface area contributed by atoms with Gasteiger partial charge in [-0.3, -0.25) is 0 Å². The minimum atomic E-state index is 0.256. The lowest BCUT2D eigenvalue weighted by Gasteiger charge is -2.19. The maximum absolute atomic E-state index is 6.10. The number of likely N-dealkylation sites (N-methyl/N-ethyl adjacent to an activating group) is 1. The summed E-state index contributed by atoms with van der Waals surface area (Å²) in [4.78, 5) is 0. The van der Waals surface area contributed by atoms with E-state index >= 15 is 0 Å². The summed E-state index contributed by atoms with van der Waals surface area (Å²) in [5.41, 5.74) is 0. The first-order chi connectivity index (χ1) is 9.33. The Morgan fingerprint density at radius 1 is 1.05 bits per heavy atom. The number of nitrogens with one attached hydrogen (secondary N) is 1. The minimum Gasteiger partial charge on any atom is -0.489 e. The van der Waals surface area contributed by atoms with Gasteiger partial charge in [0.1, 0.15) is 11.9 Å². The van der Waals surface area contributed by atoms with E-state index in [2.05, 4.69) is 61.6 Å². The molecule has 0 heterocycles. The number of hydrogen-bond acceptors (Lipinski definition) is 2. The van der Waals surface area contributed by atoms with Crippen LogP contribution in [0.2, 0.25) is 0 Å². The SMILES string of the molecule is CCCC(CNCC)Oc1ccc2ccccc2c1. The molecule has 0 radical (unpaired) electrons. The standard InChI is InChI=1S/C17H23NO/c1-3-7-17(13-18-4-2)19-16-11-10-14-8-5-6-9-15(14)12-16/h5-6,8-12,17-18H,3-4,7,13H2,1-2H3. The Morgan fingerprint density at radius 2 is 1.84 bits per heavy atom. The average molecular weight is 257 g/mol. The molecule has 1 N–H and O–H groups in total. The fourth-order valence-corrected chi connectivity index (χ4v) is 2.26. The van der Waals surface area contributed by atoms with E-state index in [1.807, 2.05) is 0 Å². The summed E-state index contributed by atoms with van der Waals surface area (Å²) < 4.78 is 6.10. The molecule has 0 aliphatic rings. The molecule has 2 aromatic carbocycles. The van der Waals surface area contributed by atoms with Gasteiger partial charge >= 0.3 is 0 Å². The van der Waals surface area contributed by atoms with Crippen molar-refractivity contribution in [2.24, 2.45) is 0 Å². The molecule has 2 heteroatoms. The fourth-order valence-electron chi connectivity index (χ4n) is 2.26. The summed E-state index contributed by atoms with van der Waals surface area (Å²) in [5.74, 6) is 0.968. The van der Waals surface area contributed by atoms with E-state index in [1.165, 1.54) is 10.8 Å². The van der Waals surface area contributed by atoms with Gasteiger partial charge in [-0.15, -0.1) is 0 Å². The molecule has 0 aliphatic heterocycles. The molecule has 0 aliphatic carbocycles. The van der Waals surface area contributed by atoms with Crippen molar-refractivity contribution in [3.05, 3.63) is 42.5 Å². The molecule has 2 aromatic rings. The van der Waals surface area contributed by atoms with Gasteiger partial charge in [-0.2, -0.15) is 0 Å². The zero-order chi connectivity index (χ0) is 13.5. The zero-order valence-electron chi connectivity index (χ0n) is 11.9. The second-order valence-electron chi connectivity index (χ2n) is 4.85. The Morgan fingerprint density at radius 3 is 2.58 bits per heavy atom. The molecule has 0 amide bonds. The summed E-state index contributed by atoms with van der Waals surface area (Å²) in [7, 11) is 0. The molecular weight excluding hydrogens is 234 g/mol. The molecule has 0 aromatic heterocycles. The molecule has 19 heavy (non-hydrogen) atoms. The number of benzene rings is 2. The van der Waals surface area contributed by atoms with Gasteiger partial charge in [0.25, 0.3) is 0 Å². The summed E-state index contributed by atoms with van der Waals surface area (Å²) >= 11 is 0. The minimum absolute atomic E-state index is 0.256. The van der Waals surface area contributed by atoms with Crippen LogP contribution in [0.15, 0.2) is 42.5 Å². The van der Waals surface area contributed by atoms with Crippen molar-refractivity contribution < 1.29 is 4.74 Å². The summed E-state index contributed by atoms with van der Waals surface area (Å²) in [5, 5.41) is 5.86. The van der Waals surface area contributed by atoms with Gasteiger partial charge in [-0.05, 0) is 35.9 Å². The topological polar surface area (TPSA) is 21.3 Å². The van der Waals surface area contributed by atoms with E-state index in [4.69, 9.17) is 4.74 Å². The molecule has 102 valence electrons. The zero-order valence-corrected chi connectivity index (χ0v) is 11.9. The Hall–Kier alpha value is -1.54. The first kappa shape index (κ1) is 13.9. The lowest BCUT2D eigenvalue weighted by atomic mass is 10.1. The van der Waals surface area contributed by atoms with E-state index in [-0.39, 0.29) is 6.10 Å². The van der Waals surface area contributed by atoms with E-state index in [0.717, 1.165) is 31.7 Å². The molecular formula is C17H23NO. The van der Waals surface area contributed by atoms with Crippen molar-refractivity contribution in [2.75, 3.05) is 13.1 Å². The lowest BCUT2D eigenvalue weighted by molar-refractivity contribution is 0.187. The Labute approximate surface area is 115 Å². The van der Waals surface area contributed by atoms with Crippen LogP contribution in [0.1, 0.15) is 26.7 Å². The van der Waals surface area contributed by atoms with E-state index < -0.39 is 0 Å². The fraction of sp³-hybridized carbons (Fsp3) is 0.412. The highest BCUT2D eigenvalue weighted by Gasteiger charge is 2.09. The van der Waals surface area contributed by atoms with Crippen LogP contribution >= 0.6 is 0 Å². The van der Waals surface area contributed by atoms with Gasteiger partial charge in [-0.25, -0.2) is 0 Å². The van der Waals surface area contributed by atoms with E-state index in [0.29, 0.717) is 0 Å². The van der Waals surface area contributed by atoms with Crippen molar-refractivity contribution >= 4 is 10.8 Å². The predicted molar refractivity (Wildman–Crippen MR) is 81.8 cm³/mol. The van der Waals surface area contributed by atoms with Crippen LogP contribution in [-0.4, -0.2) is 19.2 Å². The van der Waals surface area contributed by atoms with Crippen molar-refractivity contribution in [1.29, 1.82) is 0 Å². The molecule has 2 nitrogen and oxygen atoms in total. The van der Waals surface area contributed by atoms with Gasteiger partial charge in [0.15, 0.2) is 0 Å². The Kier molecular flexibility index (Phi) is 5.22. The summed E-state index contributed by atoms with van der Waals surface area (Å²) in [6, 6.07) is 14.7. The van der Waals surface area contributed by atoms with Crippen LogP contribution in [0.5, 0.6) is 5.75 Å². The van der Waals surface area contributed by atoms with Gasteiger partial charge in [0.05, 0.1) is 0 Å². The maximum Gasteiger partial charge on any atom is 0.120 e. The highest BCUT2D eigenvalue weighted by Crippen LogP contribution is 2.22. The molecule has 1 unspecified atom stereocenters. The van der Waals surface area contributed by atoms with Crippen LogP contribution in [0, 0.1) is 0 Å². The highest BCUT2D eigenvalue weighted by atomic mass is 16.5. The van der Waals surface area contributed by atoms with Crippen LogP contribution in [0.25, 0.3) is 10.8 Å². The van der Waals surface area contributed by atoms with Crippen LogP contribution < -0.4 is 10.1 Å². The Bertz CT molecular complexity index is 509. The monoisotopic (exact) mass is 257 g/mol. The number of hydrogen-bond donors (Lipinski definition) is 1. The lowest BCUT2D eigenvalue weighted by Crippen LogP contribution is -2.31. The van der Waals surface area contributed by atoms with Crippen molar-refractivity contribution in [2.45, 2.75) is 32.8 Å². The van der Waals surface area contributed by atoms with Crippen LogP contribution in [0.4, 0.5) is 0 Å². The smallest absolute Gasteiger partial charge is 0.120 e. The van der Waals surface area contributed by atoms with E-state index in [9.17, 15) is 0 Å². The quantitative estimate of drug-likeness (QED) is 0.809. The van der Waals surface area contributed by atoms with Gasteiger partial charge in [0, 0.05) is 6.54 Å². The first-order valence-corrected chi connectivity index (χ1v) is 7.19. The second kappa shape index (κ2) is 7.15. The first-order valence-electron chi connectivity index (χ1n) is 7.19. The third kappa shape index (κ3) is 3.97. The van der Waals surface area contributed by atoms with Gasteiger partial charge in [0.2, 0.25) is 0 Å². The van der Waals surface area contributed by atoms with Crippen molar-refractivity contribution in [3.63, 3.8) is 0 Å². The molecule has 0 spiro atoms. The van der Waals surface area contributed by atoms with Crippen LogP contribution in [-0.2, 0) is 0 Å². The van der Waals surface area contributed by atoms with Crippen molar-refractivity contribution in [1.82, 2.24) is 5.32 Å². The number of rotatable bonds is 7. The Balaban J connectivity index is 2.09. The molecule has 0 fully saturated rings. The molecule has 0 saturated heterocycles. The largest absolute Gasteiger partial charge is 0.489 e. The molecule has 2 rings (SSSR count). The van der Waals surface area contributed by atoms with E-state index in [1.54, 1.807) is 0 Å². The van der Waals surface area contributed by atoms with Gasteiger partial charge in [-0.1, -0.05) is 50.6 Å². The third-order valence-electron chi connectivity index (χ3n) is 3.26. The molecule has 0 saturated carbocycles. The number of fused-ring (bicyclic) bond motifs is 1. The summed E-state index contributed by atoms with van der Waals surface area (Å²) in [6.45, 7) is 6.22. The third-order valence-corrected chi connectivity index (χ3v) is 3.26. The highest BCUT2D eigenvalue weighted by molar-refractivity contribution is 5.83. The van der Waals surface area contributed by atoms with Crippen molar-refractivity contribution in [3.8, 4) is 5.75 Å². The van der Waals surface area contributed by atoms with Crippen LogP contribution in [0.3, 0.4) is 0 Å². The molecule has 1 atom stereocenters. The van der Waals surface area contributed by atoms with Gasteiger partial charge < -0.3 is 10.1 Å². The maximum atomic E-state index is 6.10. The normalized spacial score (nSPS) is 12.5. The predicted octanol–water partition coefficient (Wildman–Crippen LogP) is 4.00.